The van der Waals surface area contributed by atoms with E-state index in [4.69, 9.17) is 5.73 Å². The number of nitrogens with two attached hydrogens (primary N) is 1. The second kappa shape index (κ2) is 6.01. The van der Waals surface area contributed by atoms with Gasteiger partial charge in [0.25, 0.3) is 0 Å². The van der Waals surface area contributed by atoms with Crippen molar-refractivity contribution in [3.63, 3.8) is 0 Å². The van der Waals surface area contributed by atoms with Gasteiger partial charge in [-0.1, -0.05) is 0 Å². The number of nitrogens with one attached hydrogen (secondary N) is 1. The quantitative estimate of drug-likeness (QED) is 0.829. The average Bonchev–Trinajstić information content (AvgIpc) is 2.56. The normalized spacial score (nSPS) is 20.7. The standard InChI is InChI=1S/C14H23N3O2S/c1-11-10-13(5-6-14(11)15)17-8-3-4-12(7-9-17)16-20(2,18)19/h5-6,10,12,16H,3-4,7-9,15H2,1-2H3. The van der Waals surface area contributed by atoms with E-state index in [0.29, 0.717) is 0 Å². The molecule has 0 spiro atoms. The highest BCUT2D eigenvalue weighted by Gasteiger charge is 2.19. The summed E-state index contributed by atoms with van der Waals surface area (Å²) >= 11 is 0. The summed E-state index contributed by atoms with van der Waals surface area (Å²) in [6, 6.07) is 6.11. The van der Waals surface area contributed by atoms with Crippen LogP contribution < -0.4 is 15.4 Å². The third-order valence-corrected chi connectivity index (χ3v) is 4.49. The van der Waals surface area contributed by atoms with E-state index in [1.807, 2.05) is 19.1 Å². The van der Waals surface area contributed by atoms with Gasteiger partial charge in [0, 0.05) is 30.5 Å². The summed E-state index contributed by atoms with van der Waals surface area (Å²) in [5.41, 5.74) is 8.90. The molecule has 0 saturated carbocycles. The van der Waals surface area contributed by atoms with E-state index in [9.17, 15) is 8.42 Å². The van der Waals surface area contributed by atoms with Gasteiger partial charge in [-0.2, -0.15) is 0 Å². The van der Waals surface area contributed by atoms with Crippen LogP contribution in [0.5, 0.6) is 0 Å². The minimum atomic E-state index is -3.12. The molecule has 1 saturated heterocycles. The van der Waals surface area contributed by atoms with Gasteiger partial charge in [-0.25, -0.2) is 13.1 Å². The lowest BCUT2D eigenvalue weighted by Gasteiger charge is -2.23. The molecule has 5 nitrogen and oxygen atoms in total. The number of hydrogen-bond donors (Lipinski definition) is 2. The van der Waals surface area contributed by atoms with Crippen molar-refractivity contribution >= 4 is 21.4 Å². The molecule has 0 aliphatic carbocycles. The molecular weight excluding hydrogens is 274 g/mol. The van der Waals surface area contributed by atoms with Crippen LogP contribution in [0.1, 0.15) is 24.8 Å². The summed E-state index contributed by atoms with van der Waals surface area (Å²) in [6.45, 7) is 3.81. The number of hydrogen-bond acceptors (Lipinski definition) is 4. The Morgan fingerprint density at radius 2 is 2.05 bits per heavy atom. The maximum atomic E-state index is 11.3. The molecule has 1 aliphatic heterocycles. The summed E-state index contributed by atoms with van der Waals surface area (Å²) in [5.74, 6) is 0. The third kappa shape index (κ3) is 4.11. The molecule has 0 radical (unpaired) electrons. The van der Waals surface area contributed by atoms with E-state index >= 15 is 0 Å². The Morgan fingerprint density at radius 3 is 2.70 bits per heavy atom. The highest BCUT2D eigenvalue weighted by atomic mass is 32.2. The minimum Gasteiger partial charge on any atom is -0.399 e. The van der Waals surface area contributed by atoms with Gasteiger partial charge in [-0.15, -0.1) is 0 Å². The maximum Gasteiger partial charge on any atom is 0.208 e. The monoisotopic (exact) mass is 297 g/mol. The molecule has 0 bridgehead atoms. The van der Waals surface area contributed by atoms with Crippen LogP contribution in [0.4, 0.5) is 11.4 Å². The molecule has 1 atom stereocenters. The summed E-state index contributed by atoms with van der Waals surface area (Å²) in [6.07, 6.45) is 3.92. The third-order valence-electron chi connectivity index (χ3n) is 3.73. The van der Waals surface area contributed by atoms with E-state index in [-0.39, 0.29) is 6.04 Å². The van der Waals surface area contributed by atoms with Gasteiger partial charge in [0.05, 0.1) is 6.26 Å². The Labute approximate surface area is 121 Å². The molecule has 2 rings (SSSR count). The highest BCUT2D eigenvalue weighted by Crippen LogP contribution is 2.23. The van der Waals surface area contributed by atoms with Crippen LogP contribution in [-0.2, 0) is 10.0 Å². The van der Waals surface area contributed by atoms with Gasteiger partial charge in [0.2, 0.25) is 10.0 Å². The van der Waals surface area contributed by atoms with Crippen LogP contribution in [0.15, 0.2) is 18.2 Å². The van der Waals surface area contributed by atoms with Crippen LogP contribution in [0.25, 0.3) is 0 Å². The number of nitrogen functional groups attached to an aromatic ring is 1. The lowest BCUT2D eigenvalue weighted by atomic mass is 10.1. The molecule has 112 valence electrons. The predicted molar refractivity (Wildman–Crippen MR) is 83.4 cm³/mol. The smallest absolute Gasteiger partial charge is 0.208 e. The van der Waals surface area contributed by atoms with Crippen molar-refractivity contribution in [3.05, 3.63) is 23.8 Å². The Hall–Kier alpha value is -1.27. The summed E-state index contributed by atoms with van der Waals surface area (Å²) in [4.78, 5) is 2.30. The molecule has 1 fully saturated rings. The molecule has 3 N–H and O–H groups in total. The second-order valence-corrected chi connectivity index (χ2v) is 7.33. The maximum absolute atomic E-state index is 11.3. The van der Waals surface area contributed by atoms with Crippen molar-refractivity contribution in [2.24, 2.45) is 0 Å². The SMILES string of the molecule is Cc1cc(N2CCCC(NS(C)(=O)=O)CC2)ccc1N. The van der Waals surface area contributed by atoms with Crippen LogP contribution in [0.2, 0.25) is 0 Å². The van der Waals surface area contributed by atoms with Crippen molar-refractivity contribution in [3.8, 4) is 0 Å². The van der Waals surface area contributed by atoms with E-state index in [2.05, 4.69) is 15.7 Å². The number of nitrogens with zero attached hydrogens (tertiary/aromatic N) is 1. The molecule has 0 aromatic heterocycles. The van der Waals surface area contributed by atoms with Gasteiger partial charge in [-0.05, 0) is 49.9 Å². The number of aryl methyl sites for hydroxylation is 1. The van der Waals surface area contributed by atoms with E-state index in [1.165, 1.54) is 6.26 Å². The van der Waals surface area contributed by atoms with Crippen molar-refractivity contribution in [1.82, 2.24) is 4.72 Å². The van der Waals surface area contributed by atoms with Gasteiger partial charge in [0.1, 0.15) is 0 Å². The minimum absolute atomic E-state index is 0.0462. The first-order valence-corrected chi connectivity index (χ1v) is 8.83. The molecule has 1 aromatic rings. The van der Waals surface area contributed by atoms with Crippen molar-refractivity contribution in [1.29, 1.82) is 0 Å². The molecule has 0 amide bonds. The van der Waals surface area contributed by atoms with Crippen molar-refractivity contribution < 1.29 is 8.42 Å². The zero-order valence-electron chi connectivity index (χ0n) is 12.1. The van der Waals surface area contributed by atoms with Crippen molar-refractivity contribution in [2.45, 2.75) is 32.2 Å². The predicted octanol–water partition coefficient (Wildman–Crippen LogP) is 1.49. The molecule has 1 heterocycles. The van der Waals surface area contributed by atoms with Crippen LogP contribution >= 0.6 is 0 Å². The fourth-order valence-corrected chi connectivity index (χ4v) is 3.47. The number of anilines is 2. The zero-order chi connectivity index (χ0) is 14.8. The Balaban J connectivity index is 2.04. The average molecular weight is 297 g/mol. The first kappa shape index (κ1) is 15.1. The van der Waals surface area contributed by atoms with Gasteiger partial charge in [-0.3, -0.25) is 0 Å². The van der Waals surface area contributed by atoms with Crippen LogP contribution in [-0.4, -0.2) is 33.8 Å². The Bertz CT molecular complexity index is 572. The lowest BCUT2D eigenvalue weighted by Crippen LogP contribution is -2.35. The number of benzene rings is 1. The first-order chi connectivity index (χ1) is 9.35. The van der Waals surface area contributed by atoms with Crippen molar-refractivity contribution in [2.75, 3.05) is 30.0 Å². The Kier molecular flexibility index (Phi) is 4.55. The lowest BCUT2D eigenvalue weighted by molar-refractivity contribution is 0.523. The fraction of sp³-hybridized carbons (Fsp3) is 0.571. The topological polar surface area (TPSA) is 75.4 Å². The molecule has 20 heavy (non-hydrogen) atoms. The van der Waals surface area contributed by atoms with E-state index < -0.39 is 10.0 Å². The molecule has 1 aromatic carbocycles. The summed E-state index contributed by atoms with van der Waals surface area (Å²) < 4.78 is 25.3. The highest BCUT2D eigenvalue weighted by molar-refractivity contribution is 7.88. The fourth-order valence-electron chi connectivity index (χ4n) is 2.63. The van der Waals surface area contributed by atoms with Crippen LogP contribution in [0.3, 0.4) is 0 Å². The van der Waals surface area contributed by atoms with E-state index in [1.54, 1.807) is 0 Å². The molecule has 6 heteroatoms. The second-order valence-electron chi connectivity index (χ2n) is 5.55. The van der Waals surface area contributed by atoms with Gasteiger partial charge < -0.3 is 10.6 Å². The number of rotatable bonds is 3. The largest absolute Gasteiger partial charge is 0.399 e. The number of sulfonamides is 1. The Morgan fingerprint density at radius 1 is 1.30 bits per heavy atom. The van der Waals surface area contributed by atoms with Crippen LogP contribution in [0, 0.1) is 6.92 Å². The van der Waals surface area contributed by atoms with Gasteiger partial charge in [0.15, 0.2) is 0 Å². The molecule has 1 unspecified atom stereocenters. The summed E-state index contributed by atoms with van der Waals surface area (Å²) in [7, 11) is -3.12. The zero-order valence-corrected chi connectivity index (χ0v) is 12.9. The van der Waals surface area contributed by atoms with Gasteiger partial charge >= 0.3 is 0 Å². The summed E-state index contributed by atoms with van der Waals surface area (Å²) in [5, 5.41) is 0. The first-order valence-electron chi connectivity index (χ1n) is 6.93. The van der Waals surface area contributed by atoms with E-state index in [0.717, 1.165) is 49.3 Å². The molecular formula is C14H23N3O2S. The molecule has 1 aliphatic rings.